The van der Waals surface area contributed by atoms with Crippen LogP contribution in [0, 0.1) is 23.2 Å². The Labute approximate surface area is 190 Å². The van der Waals surface area contributed by atoms with Crippen LogP contribution in [-0.2, 0) is 19.6 Å². The zero-order chi connectivity index (χ0) is 22.7. The van der Waals surface area contributed by atoms with Crippen molar-refractivity contribution in [1.82, 2.24) is 9.21 Å². The van der Waals surface area contributed by atoms with Crippen molar-refractivity contribution in [2.75, 3.05) is 26.0 Å². The number of nitrogens with zero attached hydrogens (tertiary/aromatic N) is 2. The molecular formula is C24H33N3O4S. The van der Waals surface area contributed by atoms with E-state index in [2.05, 4.69) is 5.32 Å². The molecule has 0 aromatic heterocycles. The van der Waals surface area contributed by atoms with Crippen molar-refractivity contribution in [3.05, 3.63) is 24.3 Å². The first-order valence-corrected chi connectivity index (χ1v) is 13.3. The smallest absolute Gasteiger partial charge is 0.247 e. The topological polar surface area (TPSA) is 86.8 Å². The van der Waals surface area contributed by atoms with Gasteiger partial charge < -0.3 is 10.2 Å². The van der Waals surface area contributed by atoms with E-state index in [4.69, 9.17) is 0 Å². The minimum atomic E-state index is -3.59. The van der Waals surface area contributed by atoms with E-state index >= 15 is 0 Å². The van der Waals surface area contributed by atoms with Crippen LogP contribution in [0.4, 0.5) is 5.69 Å². The summed E-state index contributed by atoms with van der Waals surface area (Å²) in [6.45, 7) is 0.633. The van der Waals surface area contributed by atoms with Gasteiger partial charge in [0.1, 0.15) is 6.04 Å². The maximum atomic E-state index is 13.8. The zero-order valence-electron chi connectivity index (χ0n) is 18.9. The number of amides is 2. The first-order valence-electron chi connectivity index (χ1n) is 11.8. The number of anilines is 1. The van der Waals surface area contributed by atoms with Gasteiger partial charge in [-0.2, -0.15) is 0 Å². The number of hydrogen-bond donors (Lipinski definition) is 1. The molecule has 1 aromatic rings. The van der Waals surface area contributed by atoms with Gasteiger partial charge in [-0.15, -0.1) is 0 Å². The summed E-state index contributed by atoms with van der Waals surface area (Å²) < 4.78 is 26.0. The van der Waals surface area contributed by atoms with Gasteiger partial charge >= 0.3 is 0 Å². The molecule has 8 heteroatoms. The van der Waals surface area contributed by atoms with Crippen LogP contribution in [0.15, 0.2) is 29.2 Å². The van der Waals surface area contributed by atoms with Crippen LogP contribution in [0.2, 0.25) is 0 Å². The Kier molecular flexibility index (Phi) is 5.36. The predicted octanol–water partition coefficient (Wildman–Crippen LogP) is 3.08. The summed E-state index contributed by atoms with van der Waals surface area (Å²) in [5.74, 6) is 2.02. The molecule has 32 heavy (non-hydrogen) atoms. The molecule has 4 bridgehead atoms. The van der Waals surface area contributed by atoms with Crippen LogP contribution in [0.25, 0.3) is 0 Å². The Morgan fingerprint density at radius 3 is 2.28 bits per heavy atom. The molecule has 1 heterocycles. The second-order valence-electron chi connectivity index (χ2n) is 10.7. The van der Waals surface area contributed by atoms with Crippen molar-refractivity contribution in [3.63, 3.8) is 0 Å². The Balaban J connectivity index is 1.32. The standard InChI is InChI=1S/C24H33N3O4S/c1-26(2)32(30,31)20-6-3-5-19(12-20)25-22(28)21-7-4-8-27(21)23(29)24-13-16-9-17(14-24)11-18(10-16)15-24/h3,5-6,12,16-18,21H,4,7-11,13-15H2,1-2H3,(H,25,28). The lowest BCUT2D eigenvalue weighted by molar-refractivity contribution is -0.160. The molecule has 5 aliphatic rings. The SMILES string of the molecule is CN(C)S(=O)(=O)c1cccc(NC(=O)C2CCCN2C(=O)C23CC4CC(CC(C4)C2)C3)c1. The predicted molar refractivity (Wildman–Crippen MR) is 121 cm³/mol. The van der Waals surface area contributed by atoms with Crippen LogP contribution in [-0.4, -0.2) is 56.1 Å². The molecule has 174 valence electrons. The van der Waals surface area contributed by atoms with Gasteiger partial charge in [-0.3, -0.25) is 9.59 Å². The highest BCUT2D eigenvalue weighted by Crippen LogP contribution is 2.60. The summed E-state index contributed by atoms with van der Waals surface area (Å²) in [6.07, 6.45) is 8.30. The number of carbonyl (C=O) groups is 2. The minimum absolute atomic E-state index is 0.133. The first kappa shape index (κ1) is 21.9. The number of likely N-dealkylation sites (tertiary alicyclic amines) is 1. The molecule has 0 spiro atoms. The van der Waals surface area contributed by atoms with Gasteiger partial charge in [0.2, 0.25) is 21.8 Å². The molecule has 1 atom stereocenters. The maximum absolute atomic E-state index is 13.8. The van der Waals surface area contributed by atoms with Crippen LogP contribution < -0.4 is 5.32 Å². The van der Waals surface area contributed by atoms with Gasteiger partial charge in [0.15, 0.2) is 0 Å². The summed E-state index contributed by atoms with van der Waals surface area (Å²) in [4.78, 5) is 28.9. The van der Waals surface area contributed by atoms with E-state index in [1.807, 2.05) is 4.90 Å². The number of hydrogen-bond acceptors (Lipinski definition) is 4. The number of sulfonamides is 1. The lowest BCUT2D eigenvalue weighted by atomic mass is 9.49. The van der Waals surface area contributed by atoms with E-state index in [1.165, 1.54) is 45.5 Å². The average Bonchev–Trinajstić information content (AvgIpc) is 3.22. The highest BCUT2D eigenvalue weighted by Gasteiger charge is 2.56. The summed E-state index contributed by atoms with van der Waals surface area (Å²) in [5.41, 5.74) is 0.184. The molecule has 6 rings (SSSR count). The molecule has 4 aliphatic carbocycles. The third-order valence-corrected chi connectivity index (χ3v) is 10.00. The molecule has 0 radical (unpaired) electrons. The molecule has 4 saturated carbocycles. The molecule has 2 amide bonds. The lowest BCUT2D eigenvalue weighted by Crippen LogP contribution is -2.56. The molecule has 1 aromatic carbocycles. The number of carbonyl (C=O) groups excluding carboxylic acids is 2. The van der Waals surface area contributed by atoms with Crippen molar-refractivity contribution < 1.29 is 18.0 Å². The van der Waals surface area contributed by atoms with Gasteiger partial charge in [-0.1, -0.05) is 6.07 Å². The summed E-state index contributed by atoms with van der Waals surface area (Å²) >= 11 is 0. The van der Waals surface area contributed by atoms with Gasteiger partial charge in [0.05, 0.1) is 10.3 Å². The Bertz CT molecular complexity index is 1000. The second-order valence-corrected chi connectivity index (χ2v) is 12.8. The Morgan fingerprint density at radius 1 is 1.06 bits per heavy atom. The number of nitrogens with one attached hydrogen (secondary N) is 1. The lowest BCUT2D eigenvalue weighted by Gasteiger charge is -2.56. The Morgan fingerprint density at radius 2 is 1.69 bits per heavy atom. The van der Waals surface area contributed by atoms with Crippen molar-refractivity contribution in [2.24, 2.45) is 23.2 Å². The average molecular weight is 460 g/mol. The van der Waals surface area contributed by atoms with Crippen molar-refractivity contribution in [1.29, 1.82) is 0 Å². The molecule has 1 aliphatic heterocycles. The number of benzene rings is 1. The van der Waals surface area contributed by atoms with Crippen molar-refractivity contribution >= 4 is 27.5 Å². The van der Waals surface area contributed by atoms with E-state index in [0.717, 1.165) is 30.0 Å². The summed E-state index contributed by atoms with van der Waals surface area (Å²) in [5, 5.41) is 2.88. The number of rotatable bonds is 5. The van der Waals surface area contributed by atoms with E-state index in [9.17, 15) is 18.0 Å². The third-order valence-electron chi connectivity index (χ3n) is 8.19. The van der Waals surface area contributed by atoms with E-state index in [0.29, 0.717) is 36.4 Å². The fraction of sp³-hybridized carbons (Fsp3) is 0.667. The van der Waals surface area contributed by atoms with Gasteiger partial charge in [-0.25, -0.2) is 12.7 Å². The van der Waals surface area contributed by atoms with E-state index < -0.39 is 16.1 Å². The van der Waals surface area contributed by atoms with E-state index in [-0.39, 0.29) is 22.1 Å². The second kappa shape index (κ2) is 7.83. The molecule has 7 nitrogen and oxygen atoms in total. The van der Waals surface area contributed by atoms with Gasteiger partial charge in [0.25, 0.3) is 0 Å². The quantitative estimate of drug-likeness (QED) is 0.733. The van der Waals surface area contributed by atoms with Crippen molar-refractivity contribution in [3.8, 4) is 0 Å². The van der Waals surface area contributed by atoms with Gasteiger partial charge in [0, 0.05) is 26.3 Å². The van der Waals surface area contributed by atoms with Gasteiger partial charge in [-0.05, 0) is 87.3 Å². The normalized spacial score (nSPS) is 33.7. The minimum Gasteiger partial charge on any atom is -0.330 e. The monoisotopic (exact) mass is 459 g/mol. The highest BCUT2D eigenvalue weighted by atomic mass is 32.2. The fourth-order valence-electron chi connectivity index (χ4n) is 7.13. The van der Waals surface area contributed by atoms with E-state index in [1.54, 1.807) is 12.1 Å². The molecular weight excluding hydrogens is 426 g/mol. The van der Waals surface area contributed by atoms with Crippen LogP contribution in [0.5, 0.6) is 0 Å². The van der Waals surface area contributed by atoms with Crippen LogP contribution in [0.1, 0.15) is 51.4 Å². The summed E-state index contributed by atoms with van der Waals surface area (Å²) in [6, 6.07) is 5.83. The first-order chi connectivity index (χ1) is 15.2. The van der Waals surface area contributed by atoms with Crippen molar-refractivity contribution in [2.45, 2.75) is 62.3 Å². The fourth-order valence-corrected chi connectivity index (χ4v) is 8.08. The molecule has 1 saturated heterocycles. The van der Waals surface area contributed by atoms with Crippen LogP contribution >= 0.6 is 0 Å². The molecule has 5 fully saturated rings. The maximum Gasteiger partial charge on any atom is 0.247 e. The highest BCUT2D eigenvalue weighted by molar-refractivity contribution is 7.89. The summed E-state index contributed by atoms with van der Waals surface area (Å²) in [7, 11) is -0.628. The van der Waals surface area contributed by atoms with Crippen LogP contribution in [0.3, 0.4) is 0 Å². The third kappa shape index (κ3) is 3.65. The largest absolute Gasteiger partial charge is 0.330 e. The Hall–Kier alpha value is -1.93. The molecule has 1 unspecified atom stereocenters. The zero-order valence-corrected chi connectivity index (χ0v) is 19.7. The molecule has 1 N–H and O–H groups in total.